The molecule has 2 N–H and O–H groups in total. The van der Waals surface area contributed by atoms with E-state index >= 15 is 0 Å². The maximum absolute atomic E-state index is 9.49. The van der Waals surface area contributed by atoms with Crippen LogP contribution in [0.2, 0.25) is 0 Å². The number of hydrogen-bond donors (Lipinski definition) is 2. The Morgan fingerprint density at radius 2 is 2.00 bits per heavy atom. The van der Waals surface area contributed by atoms with E-state index in [2.05, 4.69) is 17.1 Å². The molecule has 0 aromatic carbocycles. The SMILES string of the molecule is CNC1(CO)CCC(N2CCC(C)CC2)C1. The van der Waals surface area contributed by atoms with Gasteiger partial charge in [0, 0.05) is 11.6 Å². The van der Waals surface area contributed by atoms with E-state index in [-0.39, 0.29) is 12.1 Å². The van der Waals surface area contributed by atoms with E-state index in [1.807, 2.05) is 7.05 Å². The molecule has 2 unspecified atom stereocenters. The Kier molecular flexibility index (Phi) is 3.88. The number of nitrogens with zero attached hydrogens (tertiary/aromatic N) is 1. The molecule has 1 aliphatic carbocycles. The third kappa shape index (κ3) is 2.41. The Bertz CT molecular complexity index is 220. The number of nitrogens with one attached hydrogen (secondary N) is 1. The third-order valence-corrected chi connectivity index (χ3v) is 4.75. The second-order valence-corrected chi connectivity index (χ2v) is 5.80. The second-order valence-electron chi connectivity index (χ2n) is 5.80. The van der Waals surface area contributed by atoms with Gasteiger partial charge >= 0.3 is 0 Å². The van der Waals surface area contributed by atoms with Crippen molar-refractivity contribution in [2.45, 2.75) is 50.6 Å². The van der Waals surface area contributed by atoms with Gasteiger partial charge in [-0.05, 0) is 58.2 Å². The van der Waals surface area contributed by atoms with Crippen LogP contribution in [0.25, 0.3) is 0 Å². The average Bonchev–Trinajstić information content (AvgIpc) is 2.75. The van der Waals surface area contributed by atoms with Gasteiger partial charge in [0.2, 0.25) is 0 Å². The van der Waals surface area contributed by atoms with E-state index in [1.54, 1.807) is 0 Å². The van der Waals surface area contributed by atoms with Crippen molar-refractivity contribution in [2.24, 2.45) is 5.92 Å². The number of piperidine rings is 1. The van der Waals surface area contributed by atoms with Crippen molar-refractivity contribution in [3.05, 3.63) is 0 Å². The summed E-state index contributed by atoms with van der Waals surface area (Å²) in [7, 11) is 1.98. The zero-order chi connectivity index (χ0) is 11.6. The normalized spacial score (nSPS) is 38.1. The Balaban J connectivity index is 1.88. The lowest BCUT2D eigenvalue weighted by molar-refractivity contribution is 0.120. The highest BCUT2D eigenvalue weighted by molar-refractivity contribution is 4.99. The molecule has 0 spiro atoms. The van der Waals surface area contributed by atoms with Gasteiger partial charge in [-0.25, -0.2) is 0 Å². The van der Waals surface area contributed by atoms with Crippen LogP contribution in [-0.2, 0) is 0 Å². The molecule has 16 heavy (non-hydrogen) atoms. The first kappa shape index (κ1) is 12.3. The molecule has 2 fully saturated rings. The van der Waals surface area contributed by atoms with Gasteiger partial charge in [0.1, 0.15) is 0 Å². The molecular formula is C13H26N2O. The fourth-order valence-electron chi connectivity index (χ4n) is 3.25. The summed E-state index contributed by atoms with van der Waals surface area (Å²) in [5, 5.41) is 12.8. The van der Waals surface area contributed by atoms with Gasteiger partial charge in [0.25, 0.3) is 0 Å². The van der Waals surface area contributed by atoms with Gasteiger partial charge < -0.3 is 15.3 Å². The smallest absolute Gasteiger partial charge is 0.0613 e. The Hall–Kier alpha value is -0.120. The molecule has 0 amide bonds. The predicted octanol–water partition coefficient (Wildman–Crippen LogP) is 1.22. The highest BCUT2D eigenvalue weighted by Crippen LogP contribution is 2.34. The van der Waals surface area contributed by atoms with E-state index in [1.165, 1.54) is 32.4 Å². The van der Waals surface area contributed by atoms with Gasteiger partial charge in [0.15, 0.2) is 0 Å². The first-order chi connectivity index (χ1) is 7.69. The molecule has 0 bridgehead atoms. The van der Waals surface area contributed by atoms with Crippen LogP contribution < -0.4 is 5.32 Å². The highest BCUT2D eigenvalue weighted by atomic mass is 16.3. The van der Waals surface area contributed by atoms with E-state index in [4.69, 9.17) is 0 Å². The molecule has 0 radical (unpaired) electrons. The van der Waals surface area contributed by atoms with Crippen molar-refractivity contribution in [1.82, 2.24) is 10.2 Å². The van der Waals surface area contributed by atoms with Crippen LogP contribution in [0.15, 0.2) is 0 Å². The molecule has 1 heterocycles. The van der Waals surface area contributed by atoms with E-state index < -0.39 is 0 Å². The van der Waals surface area contributed by atoms with Crippen LogP contribution in [-0.4, -0.2) is 48.3 Å². The van der Waals surface area contributed by atoms with E-state index in [0.717, 1.165) is 18.8 Å². The maximum atomic E-state index is 9.49. The zero-order valence-corrected chi connectivity index (χ0v) is 10.7. The number of rotatable bonds is 3. The van der Waals surface area contributed by atoms with E-state index in [9.17, 15) is 5.11 Å². The first-order valence-electron chi connectivity index (χ1n) is 6.73. The minimum Gasteiger partial charge on any atom is -0.394 e. The van der Waals surface area contributed by atoms with Crippen molar-refractivity contribution in [1.29, 1.82) is 0 Å². The molecule has 1 saturated heterocycles. The quantitative estimate of drug-likeness (QED) is 0.759. The van der Waals surface area contributed by atoms with Crippen LogP contribution in [0.1, 0.15) is 39.0 Å². The second kappa shape index (κ2) is 5.03. The highest BCUT2D eigenvalue weighted by Gasteiger charge is 2.40. The van der Waals surface area contributed by atoms with Crippen LogP contribution in [0, 0.1) is 5.92 Å². The van der Waals surface area contributed by atoms with Gasteiger partial charge in [-0.1, -0.05) is 6.92 Å². The topological polar surface area (TPSA) is 35.5 Å². The maximum Gasteiger partial charge on any atom is 0.0613 e. The number of aliphatic hydroxyl groups excluding tert-OH is 1. The van der Waals surface area contributed by atoms with Crippen molar-refractivity contribution in [3.8, 4) is 0 Å². The van der Waals surface area contributed by atoms with Crippen molar-refractivity contribution in [2.75, 3.05) is 26.7 Å². The van der Waals surface area contributed by atoms with Crippen molar-refractivity contribution in [3.63, 3.8) is 0 Å². The van der Waals surface area contributed by atoms with Crippen molar-refractivity contribution >= 4 is 0 Å². The monoisotopic (exact) mass is 226 g/mol. The molecule has 2 atom stereocenters. The molecule has 0 aromatic heterocycles. The van der Waals surface area contributed by atoms with Crippen LogP contribution >= 0.6 is 0 Å². The lowest BCUT2D eigenvalue weighted by atomic mass is 9.96. The first-order valence-corrected chi connectivity index (χ1v) is 6.73. The Morgan fingerprint density at radius 1 is 1.31 bits per heavy atom. The molecule has 0 aromatic rings. The summed E-state index contributed by atoms with van der Waals surface area (Å²) in [6.45, 7) is 5.16. The number of aliphatic hydroxyl groups is 1. The lowest BCUT2D eigenvalue weighted by Crippen LogP contribution is -2.47. The summed E-state index contributed by atoms with van der Waals surface area (Å²) in [5.74, 6) is 0.907. The standard InChI is InChI=1S/C13H26N2O/c1-11-4-7-15(8-5-11)12-3-6-13(9-12,10-16)14-2/h11-12,14,16H,3-10H2,1-2H3. The molecule has 2 aliphatic rings. The van der Waals surface area contributed by atoms with Gasteiger partial charge in [-0.15, -0.1) is 0 Å². The summed E-state index contributed by atoms with van der Waals surface area (Å²) in [6, 6.07) is 0.701. The van der Waals surface area contributed by atoms with Crippen LogP contribution in [0.3, 0.4) is 0 Å². The van der Waals surface area contributed by atoms with Gasteiger partial charge in [0.05, 0.1) is 6.61 Å². The molecule has 3 nitrogen and oxygen atoms in total. The largest absolute Gasteiger partial charge is 0.394 e. The van der Waals surface area contributed by atoms with Crippen LogP contribution in [0.5, 0.6) is 0 Å². The Labute approximate surface area is 99.2 Å². The predicted molar refractivity (Wildman–Crippen MR) is 66.5 cm³/mol. The minimum absolute atomic E-state index is 0.00767. The summed E-state index contributed by atoms with van der Waals surface area (Å²) in [5.41, 5.74) is 0.00767. The Morgan fingerprint density at radius 3 is 2.50 bits per heavy atom. The lowest BCUT2D eigenvalue weighted by Gasteiger charge is -2.36. The fraction of sp³-hybridized carbons (Fsp3) is 1.00. The summed E-state index contributed by atoms with van der Waals surface area (Å²) in [6.07, 6.45) is 6.19. The minimum atomic E-state index is 0.00767. The molecular weight excluding hydrogens is 200 g/mol. The fourth-order valence-corrected chi connectivity index (χ4v) is 3.25. The molecule has 2 rings (SSSR count). The molecule has 3 heteroatoms. The number of likely N-dealkylation sites (tertiary alicyclic amines) is 1. The van der Waals surface area contributed by atoms with Gasteiger partial charge in [-0.3, -0.25) is 0 Å². The van der Waals surface area contributed by atoms with Gasteiger partial charge in [-0.2, -0.15) is 0 Å². The summed E-state index contributed by atoms with van der Waals surface area (Å²) < 4.78 is 0. The third-order valence-electron chi connectivity index (χ3n) is 4.75. The zero-order valence-electron chi connectivity index (χ0n) is 10.7. The molecule has 1 aliphatic heterocycles. The number of likely N-dealkylation sites (N-methyl/N-ethyl adjacent to an activating group) is 1. The van der Waals surface area contributed by atoms with Crippen molar-refractivity contribution < 1.29 is 5.11 Å². The average molecular weight is 226 g/mol. The summed E-state index contributed by atoms with van der Waals surface area (Å²) >= 11 is 0. The molecule has 94 valence electrons. The molecule has 1 saturated carbocycles. The summed E-state index contributed by atoms with van der Waals surface area (Å²) in [4.78, 5) is 2.65. The van der Waals surface area contributed by atoms with E-state index in [0.29, 0.717) is 6.04 Å². The van der Waals surface area contributed by atoms with Crippen LogP contribution in [0.4, 0.5) is 0 Å². The number of hydrogen-bond acceptors (Lipinski definition) is 3.